The molecule has 0 nitrogen and oxygen atoms in total. The molecule has 3 radical (unpaired) electrons. The summed E-state index contributed by atoms with van der Waals surface area (Å²) in [5.74, 6) is 0. The van der Waals surface area contributed by atoms with Gasteiger partial charge in [0.15, 0.2) is 0 Å². The van der Waals surface area contributed by atoms with Crippen LogP contribution in [0.25, 0.3) is 0 Å². The molecular weight excluding hydrogens is 255 g/mol. The molecule has 5 heavy (non-hydrogen) atoms. The molecule has 0 rings (SSSR count). The molecule has 0 bridgehead atoms. The minimum atomic E-state index is 0. The maximum absolute atomic E-state index is 3.60. The standard InChI is InChI=1S/C4H9.Pb.2H/c1-3-4-2;;;/h1,3-4H2,2H3;;;. The number of rotatable bonds is 1. The summed E-state index contributed by atoms with van der Waals surface area (Å²) in [7, 11) is 0. The van der Waals surface area contributed by atoms with Crippen molar-refractivity contribution in [3.63, 3.8) is 0 Å². The van der Waals surface area contributed by atoms with E-state index in [9.17, 15) is 0 Å². The third-order valence-corrected chi connectivity index (χ3v) is 0.354. The molecule has 0 heterocycles. The van der Waals surface area contributed by atoms with Crippen LogP contribution in [-0.4, -0.2) is 27.3 Å². The molecule has 0 amide bonds. The van der Waals surface area contributed by atoms with Gasteiger partial charge in [-0.1, -0.05) is 26.7 Å². The van der Waals surface area contributed by atoms with E-state index in [0.717, 1.165) is 6.42 Å². The Labute approximate surface area is 54.1 Å². The van der Waals surface area contributed by atoms with Gasteiger partial charge >= 0.3 is 27.3 Å². The van der Waals surface area contributed by atoms with Crippen LogP contribution in [-0.2, 0) is 0 Å². The average Bonchev–Trinajstić information content (AvgIpc) is 1.37. The van der Waals surface area contributed by atoms with E-state index in [1.54, 1.807) is 0 Å². The van der Waals surface area contributed by atoms with Gasteiger partial charge in [0.05, 0.1) is 0 Å². The molecule has 0 aromatic rings. The van der Waals surface area contributed by atoms with Crippen molar-refractivity contribution >= 4 is 27.3 Å². The molecule has 0 unspecified atom stereocenters. The molecule has 0 saturated carbocycles. The van der Waals surface area contributed by atoms with Crippen molar-refractivity contribution in [2.75, 3.05) is 0 Å². The second-order valence-corrected chi connectivity index (χ2v) is 0.854. The van der Waals surface area contributed by atoms with Crippen LogP contribution in [0.15, 0.2) is 0 Å². The Morgan fingerprint density at radius 2 is 1.80 bits per heavy atom. The van der Waals surface area contributed by atoms with Gasteiger partial charge in [-0.15, -0.1) is 0 Å². The maximum atomic E-state index is 3.60. The third kappa shape index (κ3) is 11.4. The van der Waals surface area contributed by atoms with E-state index in [1.165, 1.54) is 6.42 Å². The zero-order chi connectivity index (χ0) is 3.41. The van der Waals surface area contributed by atoms with Gasteiger partial charge in [-0.3, -0.25) is 0 Å². The van der Waals surface area contributed by atoms with Crippen molar-refractivity contribution in [1.29, 1.82) is 0 Å². The summed E-state index contributed by atoms with van der Waals surface area (Å²) in [4.78, 5) is 0. The van der Waals surface area contributed by atoms with E-state index >= 15 is 0 Å². The van der Waals surface area contributed by atoms with Crippen LogP contribution in [0.5, 0.6) is 0 Å². The van der Waals surface area contributed by atoms with E-state index in [2.05, 4.69) is 13.8 Å². The number of hydrogen-bond acceptors (Lipinski definition) is 0. The summed E-state index contributed by atoms with van der Waals surface area (Å²) >= 11 is 0. The number of unbranched alkanes of at least 4 members (excludes halogenated alkanes) is 1. The topological polar surface area (TPSA) is 0 Å². The molecule has 0 N–H and O–H groups in total. The summed E-state index contributed by atoms with van der Waals surface area (Å²) in [5.41, 5.74) is 0. The fraction of sp³-hybridized carbons (Fsp3) is 0.750. The molecular formula is C4H11Pb. The summed E-state index contributed by atoms with van der Waals surface area (Å²) in [6.07, 6.45) is 2.28. The number of hydrogen-bond donors (Lipinski definition) is 0. The van der Waals surface area contributed by atoms with Crippen LogP contribution >= 0.6 is 0 Å². The Balaban J connectivity index is 0. The Hall–Kier alpha value is 0.922. The van der Waals surface area contributed by atoms with Crippen LogP contribution in [0.1, 0.15) is 19.8 Å². The van der Waals surface area contributed by atoms with Gasteiger partial charge in [-0.25, -0.2) is 0 Å². The summed E-state index contributed by atoms with van der Waals surface area (Å²) < 4.78 is 0. The van der Waals surface area contributed by atoms with Crippen molar-refractivity contribution in [1.82, 2.24) is 0 Å². The molecule has 0 fully saturated rings. The molecule has 0 saturated heterocycles. The van der Waals surface area contributed by atoms with E-state index in [4.69, 9.17) is 0 Å². The van der Waals surface area contributed by atoms with Gasteiger partial charge in [-0.2, -0.15) is 0 Å². The fourth-order valence-corrected chi connectivity index (χ4v) is 0. The molecule has 0 atom stereocenters. The monoisotopic (exact) mass is 267 g/mol. The SMILES string of the molecule is [CH2]CCC.[PbH2]. The van der Waals surface area contributed by atoms with Gasteiger partial charge in [0.1, 0.15) is 0 Å². The Kier molecular flexibility index (Phi) is 16.5. The minimum absolute atomic E-state index is 0. The molecule has 0 spiro atoms. The van der Waals surface area contributed by atoms with Gasteiger partial charge in [-0.05, 0) is 0 Å². The first-order chi connectivity index (χ1) is 1.91. The Morgan fingerprint density at radius 1 is 1.60 bits per heavy atom. The van der Waals surface area contributed by atoms with Gasteiger partial charge in [0, 0.05) is 0 Å². The van der Waals surface area contributed by atoms with Crippen LogP contribution in [0.3, 0.4) is 0 Å². The summed E-state index contributed by atoms with van der Waals surface area (Å²) in [5, 5.41) is 0. The molecule has 0 aliphatic rings. The van der Waals surface area contributed by atoms with Gasteiger partial charge in [0.25, 0.3) is 0 Å². The van der Waals surface area contributed by atoms with Crippen molar-refractivity contribution in [2.24, 2.45) is 0 Å². The second-order valence-electron chi connectivity index (χ2n) is 0.854. The van der Waals surface area contributed by atoms with Crippen molar-refractivity contribution in [3.8, 4) is 0 Å². The normalized spacial score (nSPS) is 6.00. The van der Waals surface area contributed by atoms with Crippen LogP contribution in [0.2, 0.25) is 0 Å². The molecule has 31 valence electrons. The summed E-state index contributed by atoms with van der Waals surface area (Å²) in [6, 6.07) is 0. The predicted octanol–water partition coefficient (Wildman–Crippen LogP) is 0.704. The van der Waals surface area contributed by atoms with Gasteiger partial charge < -0.3 is 0 Å². The average molecular weight is 266 g/mol. The fourth-order valence-electron chi connectivity index (χ4n) is 0. The van der Waals surface area contributed by atoms with Crippen molar-refractivity contribution in [3.05, 3.63) is 6.92 Å². The quantitative estimate of drug-likeness (QED) is 0.613. The molecule has 0 aromatic carbocycles. The second kappa shape index (κ2) is 8.87. The summed E-state index contributed by atoms with van der Waals surface area (Å²) in [6.45, 7) is 5.72. The first-order valence-electron chi connectivity index (χ1n) is 1.71. The zero-order valence-electron chi connectivity index (χ0n) is 3.83. The van der Waals surface area contributed by atoms with Crippen molar-refractivity contribution in [2.45, 2.75) is 19.8 Å². The van der Waals surface area contributed by atoms with Crippen LogP contribution in [0, 0.1) is 6.92 Å². The molecule has 1 heteroatoms. The van der Waals surface area contributed by atoms with Crippen molar-refractivity contribution < 1.29 is 0 Å². The Morgan fingerprint density at radius 3 is 1.80 bits per heavy atom. The Bertz CT molecular complexity index is 5.61. The van der Waals surface area contributed by atoms with Crippen LogP contribution in [0.4, 0.5) is 0 Å². The van der Waals surface area contributed by atoms with Gasteiger partial charge in [0.2, 0.25) is 0 Å². The van der Waals surface area contributed by atoms with E-state index in [0.29, 0.717) is 0 Å². The predicted molar refractivity (Wildman–Crippen MR) is 28.8 cm³/mol. The first kappa shape index (κ1) is 9.33. The first-order valence-corrected chi connectivity index (χ1v) is 1.71. The van der Waals surface area contributed by atoms with Crippen LogP contribution < -0.4 is 0 Å². The molecule has 0 aromatic heterocycles. The van der Waals surface area contributed by atoms with E-state index in [1.807, 2.05) is 0 Å². The van der Waals surface area contributed by atoms with E-state index < -0.39 is 0 Å². The molecule has 0 aliphatic carbocycles. The molecule has 0 aliphatic heterocycles. The third-order valence-electron chi connectivity index (χ3n) is 0.354. The zero-order valence-corrected chi connectivity index (χ0v) is 9.33. The van der Waals surface area contributed by atoms with E-state index in [-0.39, 0.29) is 27.3 Å².